The Hall–Kier alpha value is -2.81. The summed E-state index contributed by atoms with van der Waals surface area (Å²) in [6.45, 7) is 4.00. The summed E-state index contributed by atoms with van der Waals surface area (Å²) < 4.78 is 5.70. The third-order valence-electron chi connectivity index (χ3n) is 3.76. The quantitative estimate of drug-likeness (QED) is 0.772. The topological polar surface area (TPSA) is 38.3 Å². The number of amides is 1. The lowest BCUT2D eigenvalue weighted by Gasteiger charge is -2.11. The zero-order valence-electron chi connectivity index (χ0n) is 13.3. The average molecular weight is 305 g/mol. The second kappa shape index (κ2) is 6.53. The van der Waals surface area contributed by atoms with Crippen molar-refractivity contribution >= 4 is 22.4 Å². The van der Waals surface area contributed by atoms with Gasteiger partial charge in [0.25, 0.3) is 5.91 Å². The Bertz CT molecular complexity index is 850. The molecule has 1 N–H and O–H groups in total. The monoisotopic (exact) mass is 305 g/mol. The zero-order valence-corrected chi connectivity index (χ0v) is 13.3. The van der Waals surface area contributed by atoms with E-state index in [1.54, 1.807) is 0 Å². The highest BCUT2D eigenvalue weighted by atomic mass is 16.5. The summed E-state index contributed by atoms with van der Waals surface area (Å²) in [4.78, 5) is 12.1. The molecule has 0 bridgehead atoms. The van der Waals surface area contributed by atoms with E-state index in [4.69, 9.17) is 4.74 Å². The number of ether oxygens (including phenoxy) is 1. The first kappa shape index (κ1) is 15.1. The van der Waals surface area contributed by atoms with Crippen LogP contribution in [-0.4, -0.2) is 12.5 Å². The highest BCUT2D eigenvalue weighted by Gasteiger charge is 2.07. The van der Waals surface area contributed by atoms with Crippen LogP contribution in [0.1, 0.15) is 11.1 Å². The van der Waals surface area contributed by atoms with Gasteiger partial charge in [0, 0.05) is 11.1 Å². The first-order chi connectivity index (χ1) is 11.1. The summed E-state index contributed by atoms with van der Waals surface area (Å²) in [7, 11) is 0. The molecule has 3 rings (SSSR count). The van der Waals surface area contributed by atoms with Gasteiger partial charge in [-0.15, -0.1) is 0 Å². The average Bonchev–Trinajstić information content (AvgIpc) is 2.55. The molecular formula is C20H19NO2. The van der Waals surface area contributed by atoms with Crippen molar-refractivity contribution in [2.75, 3.05) is 11.9 Å². The molecular weight excluding hydrogens is 286 g/mol. The van der Waals surface area contributed by atoms with Crippen LogP contribution in [0.2, 0.25) is 0 Å². The summed E-state index contributed by atoms with van der Waals surface area (Å²) >= 11 is 0. The van der Waals surface area contributed by atoms with Crippen molar-refractivity contribution in [2.45, 2.75) is 13.8 Å². The SMILES string of the molecule is Cc1ccc(NC(=O)COc2cccc3ccccc23)c(C)c1. The van der Waals surface area contributed by atoms with Crippen LogP contribution in [-0.2, 0) is 4.79 Å². The van der Waals surface area contributed by atoms with E-state index in [0.717, 1.165) is 27.8 Å². The highest BCUT2D eigenvalue weighted by molar-refractivity contribution is 5.93. The summed E-state index contributed by atoms with van der Waals surface area (Å²) in [6, 6.07) is 19.7. The van der Waals surface area contributed by atoms with Gasteiger partial charge in [-0.25, -0.2) is 0 Å². The minimum absolute atomic E-state index is 0.0126. The van der Waals surface area contributed by atoms with Gasteiger partial charge in [0.15, 0.2) is 6.61 Å². The molecule has 0 spiro atoms. The Labute approximate surface area is 135 Å². The van der Waals surface area contributed by atoms with E-state index < -0.39 is 0 Å². The van der Waals surface area contributed by atoms with E-state index in [-0.39, 0.29) is 12.5 Å². The van der Waals surface area contributed by atoms with Crippen LogP contribution in [0.25, 0.3) is 10.8 Å². The molecule has 0 heterocycles. The number of benzene rings is 3. The number of anilines is 1. The lowest BCUT2D eigenvalue weighted by Crippen LogP contribution is -2.20. The van der Waals surface area contributed by atoms with Gasteiger partial charge in [0.1, 0.15) is 5.75 Å². The number of rotatable bonds is 4. The van der Waals surface area contributed by atoms with E-state index in [2.05, 4.69) is 5.32 Å². The molecule has 0 aliphatic carbocycles. The molecule has 0 aliphatic rings. The zero-order chi connectivity index (χ0) is 16.2. The van der Waals surface area contributed by atoms with Crippen molar-refractivity contribution < 1.29 is 9.53 Å². The third-order valence-corrected chi connectivity index (χ3v) is 3.76. The molecule has 3 aromatic carbocycles. The Kier molecular flexibility index (Phi) is 4.29. The van der Waals surface area contributed by atoms with E-state index in [9.17, 15) is 4.79 Å². The molecule has 3 aromatic rings. The van der Waals surface area contributed by atoms with Crippen molar-refractivity contribution in [3.05, 3.63) is 71.8 Å². The van der Waals surface area contributed by atoms with E-state index in [1.807, 2.05) is 74.5 Å². The van der Waals surface area contributed by atoms with Crippen molar-refractivity contribution in [3.63, 3.8) is 0 Å². The molecule has 116 valence electrons. The van der Waals surface area contributed by atoms with Crippen LogP contribution in [0, 0.1) is 13.8 Å². The van der Waals surface area contributed by atoms with Gasteiger partial charge < -0.3 is 10.1 Å². The molecule has 3 nitrogen and oxygen atoms in total. The van der Waals surface area contributed by atoms with Crippen LogP contribution < -0.4 is 10.1 Å². The first-order valence-corrected chi connectivity index (χ1v) is 7.61. The number of nitrogens with one attached hydrogen (secondary N) is 1. The number of carbonyl (C=O) groups excluding carboxylic acids is 1. The van der Waals surface area contributed by atoms with Crippen LogP contribution in [0.15, 0.2) is 60.7 Å². The van der Waals surface area contributed by atoms with Gasteiger partial charge >= 0.3 is 0 Å². The Balaban J connectivity index is 1.69. The molecule has 0 unspecified atom stereocenters. The lowest BCUT2D eigenvalue weighted by atomic mass is 10.1. The summed E-state index contributed by atoms with van der Waals surface area (Å²) in [6.07, 6.45) is 0. The number of hydrogen-bond acceptors (Lipinski definition) is 2. The molecule has 23 heavy (non-hydrogen) atoms. The second-order valence-electron chi connectivity index (χ2n) is 5.63. The van der Waals surface area contributed by atoms with Gasteiger partial charge in [0.05, 0.1) is 0 Å². The maximum absolute atomic E-state index is 12.1. The standard InChI is InChI=1S/C20H19NO2/c1-14-10-11-18(15(2)12-14)21-20(22)13-23-19-9-5-7-16-6-3-4-8-17(16)19/h3-12H,13H2,1-2H3,(H,21,22). The van der Waals surface area contributed by atoms with Crippen LogP contribution >= 0.6 is 0 Å². The van der Waals surface area contributed by atoms with Crippen molar-refractivity contribution in [2.24, 2.45) is 0 Å². The number of carbonyl (C=O) groups is 1. The number of fused-ring (bicyclic) bond motifs is 1. The predicted octanol–water partition coefficient (Wildman–Crippen LogP) is 4.47. The Morgan fingerprint density at radius 1 is 1.00 bits per heavy atom. The normalized spacial score (nSPS) is 10.5. The fourth-order valence-corrected chi connectivity index (χ4v) is 2.60. The second-order valence-corrected chi connectivity index (χ2v) is 5.63. The van der Waals surface area contributed by atoms with E-state index in [0.29, 0.717) is 0 Å². The van der Waals surface area contributed by atoms with Gasteiger partial charge in [-0.3, -0.25) is 4.79 Å². The van der Waals surface area contributed by atoms with Gasteiger partial charge in [0.2, 0.25) is 0 Å². The van der Waals surface area contributed by atoms with Gasteiger partial charge in [-0.2, -0.15) is 0 Å². The minimum Gasteiger partial charge on any atom is -0.483 e. The molecule has 0 aliphatic heterocycles. The minimum atomic E-state index is -0.162. The maximum atomic E-state index is 12.1. The van der Waals surface area contributed by atoms with Crippen molar-refractivity contribution in [1.82, 2.24) is 0 Å². The molecule has 0 atom stereocenters. The fraction of sp³-hybridized carbons (Fsp3) is 0.150. The summed E-state index contributed by atoms with van der Waals surface area (Å²) in [5.41, 5.74) is 3.04. The Morgan fingerprint density at radius 3 is 2.61 bits per heavy atom. The summed E-state index contributed by atoms with van der Waals surface area (Å²) in [5.74, 6) is 0.559. The number of aryl methyl sites for hydroxylation is 2. The van der Waals surface area contributed by atoms with Crippen LogP contribution in [0.5, 0.6) is 5.75 Å². The molecule has 1 amide bonds. The van der Waals surface area contributed by atoms with Gasteiger partial charge in [-0.1, -0.05) is 54.1 Å². The van der Waals surface area contributed by atoms with Crippen molar-refractivity contribution in [3.8, 4) is 5.75 Å². The van der Waals surface area contributed by atoms with Crippen LogP contribution in [0.4, 0.5) is 5.69 Å². The molecule has 3 heteroatoms. The maximum Gasteiger partial charge on any atom is 0.262 e. The first-order valence-electron chi connectivity index (χ1n) is 7.61. The molecule has 0 aromatic heterocycles. The Morgan fingerprint density at radius 2 is 1.78 bits per heavy atom. The van der Waals surface area contributed by atoms with E-state index >= 15 is 0 Å². The molecule has 0 saturated carbocycles. The van der Waals surface area contributed by atoms with Gasteiger partial charge in [-0.05, 0) is 36.9 Å². The third kappa shape index (κ3) is 3.51. The highest BCUT2D eigenvalue weighted by Crippen LogP contribution is 2.25. The molecule has 0 radical (unpaired) electrons. The smallest absolute Gasteiger partial charge is 0.262 e. The summed E-state index contributed by atoms with van der Waals surface area (Å²) in [5, 5.41) is 5.00. The number of hydrogen-bond donors (Lipinski definition) is 1. The molecule has 0 saturated heterocycles. The predicted molar refractivity (Wildman–Crippen MR) is 94.0 cm³/mol. The van der Waals surface area contributed by atoms with E-state index in [1.165, 1.54) is 5.56 Å². The largest absolute Gasteiger partial charge is 0.483 e. The molecule has 0 fully saturated rings. The fourth-order valence-electron chi connectivity index (χ4n) is 2.60. The van der Waals surface area contributed by atoms with Crippen molar-refractivity contribution in [1.29, 1.82) is 0 Å². The lowest BCUT2D eigenvalue weighted by molar-refractivity contribution is -0.118. The van der Waals surface area contributed by atoms with Crippen LogP contribution in [0.3, 0.4) is 0 Å².